The van der Waals surface area contributed by atoms with E-state index >= 15 is 0 Å². The van der Waals surface area contributed by atoms with E-state index < -0.39 is 0 Å². The van der Waals surface area contributed by atoms with Gasteiger partial charge in [0.2, 0.25) is 0 Å². The molecule has 0 bridgehead atoms. The molecule has 1 unspecified atom stereocenters. The molecule has 4 aromatic rings. The summed E-state index contributed by atoms with van der Waals surface area (Å²) in [4.78, 5) is 25.3. The van der Waals surface area contributed by atoms with Crippen molar-refractivity contribution in [1.82, 2.24) is 4.40 Å². The molecule has 40 heavy (non-hydrogen) atoms. The number of fused-ring (bicyclic) bond motifs is 1. The van der Waals surface area contributed by atoms with E-state index in [1.807, 2.05) is 72.1 Å². The minimum atomic E-state index is -0.192. The van der Waals surface area contributed by atoms with Crippen LogP contribution >= 0.6 is 0 Å². The number of esters is 1. The minimum absolute atomic E-state index is 0.0409. The van der Waals surface area contributed by atoms with Crippen molar-refractivity contribution in [3.8, 4) is 5.75 Å². The molecule has 0 amide bonds. The number of aromatic nitrogens is 1. The first-order valence-corrected chi connectivity index (χ1v) is 14.3. The van der Waals surface area contributed by atoms with Crippen molar-refractivity contribution in [3.63, 3.8) is 0 Å². The van der Waals surface area contributed by atoms with Crippen LogP contribution in [0.2, 0.25) is 0 Å². The zero-order valence-electron chi connectivity index (χ0n) is 23.2. The van der Waals surface area contributed by atoms with E-state index in [0.717, 1.165) is 29.1 Å². The Morgan fingerprint density at radius 2 is 1.82 bits per heavy atom. The average Bonchev–Trinajstić information content (AvgIpc) is 3.72. The summed E-state index contributed by atoms with van der Waals surface area (Å²) in [6.45, 7) is 6.11. The number of aryl methyl sites for hydroxylation is 1. The van der Waals surface area contributed by atoms with Crippen molar-refractivity contribution >= 4 is 17.3 Å². The Morgan fingerprint density at radius 3 is 2.52 bits per heavy atom. The lowest BCUT2D eigenvalue weighted by atomic mass is 10.0. The van der Waals surface area contributed by atoms with Gasteiger partial charge in [-0.1, -0.05) is 36.4 Å². The van der Waals surface area contributed by atoms with Crippen LogP contribution in [0.1, 0.15) is 77.9 Å². The average molecular weight is 536 g/mol. The number of nitrogens with zero attached hydrogens (tertiary/aromatic N) is 1. The molecule has 206 valence electrons. The summed E-state index contributed by atoms with van der Waals surface area (Å²) in [6.07, 6.45) is 9.95. The molecular formula is C35H37NO4. The summed E-state index contributed by atoms with van der Waals surface area (Å²) >= 11 is 0. The van der Waals surface area contributed by atoms with Gasteiger partial charge < -0.3 is 13.9 Å². The fourth-order valence-corrected chi connectivity index (χ4v) is 5.18. The first kappa shape index (κ1) is 27.4. The Kier molecular flexibility index (Phi) is 8.80. The monoisotopic (exact) mass is 535 g/mol. The first-order chi connectivity index (χ1) is 19.6. The number of ketones is 1. The van der Waals surface area contributed by atoms with Crippen LogP contribution in [0.25, 0.3) is 5.52 Å². The highest BCUT2D eigenvalue weighted by Gasteiger charge is 2.22. The fourth-order valence-electron chi connectivity index (χ4n) is 5.18. The topological polar surface area (TPSA) is 57.0 Å². The van der Waals surface area contributed by atoms with Crippen LogP contribution in [0.3, 0.4) is 0 Å². The van der Waals surface area contributed by atoms with E-state index in [2.05, 4.69) is 30.8 Å². The maximum absolute atomic E-state index is 13.6. The van der Waals surface area contributed by atoms with Crippen LogP contribution in [-0.2, 0) is 22.4 Å². The molecule has 0 radical (unpaired) electrons. The summed E-state index contributed by atoms with van der Waals surface area (Å²) in [5, 5.41) is 0. The van der Waals surface area contributed by atoms with Gasteiger partial charge in [-0.25, -0.2) is 0 Å². The van der Waals surface area contributed by atoms with Crippen LogP contribution in [0, 0.1) is 5.92 Å². The molecule has 0 spiro atoms. The molecule has 1 aliphatic rings. The molecule has 5 heteroatoms. The molecule has 1 saturated carbocycles. The summed E-state index contributed by atoms with van der Waals surface area (Å²) < 4.78 is 13.4. The van der Waals surface area contributed by atoms with Gasteiger partial charge in [-0.15, -0.1) is 6.58 Å². The van der Waals surface area contributed by atoms with Crippen LogP contribution in [-0.4, -0.2) is 22.8 Å². The Hall–Kier alpha value is -4.12. The smallest absolute Gasteiger partial charge is 0.305 e. The van der Waals surface area contributed by atoms with E-state index in [1.54, 1.807) is 0 Å². The molecular weight excluding hydrogens is 498 g/mol. The maximum atomic E-state index is 13.6. The Bertz CT molecular complexity index is 1460. The highest BCUT2D eigenvalue weighted by atomic mass is 16.5. The van der Waals surface area contributed by atoms with E-state index in [-0.39, 0.29) is 17.9 Å². The molecule has 1 atom stereocenters. The summed E-state index contributed by atoms with van der Waals surface area (Å²) in [6, 6.07) is 23.9. The van der Waals surface area contributed by atoms with Gasteiger partial charge in [0.1, 0.15) is 11.9 Å². The molecule has 0 aliphatic heterocycles. The number of carbonyl (C=O) groups excluding carboxylic acids is 2. The van der Waals surface area contributed by atoms with Crippen LogP contribution < -0.4 is 4.74 Å². The van der Waals surface area contributed by atoms with E-state index in [1.165, 1.54) is 18.4 Å². The van der Waals surface area contributed by atoms with Gasteiger partial charge in [0.15, 0.2) is 5.78 Å². The van der Waals surface area contributed by atoms with E-state index in [4.69, 9.17) is 9.47 Å². The Labute approximate surface area is 236 Å². The van der Waals surface area contributed by atoms with Gasteiger partial charge in [0.05, 0.1) is 12.1 Å². The van der Waals surface area contributed by atoms with Crippen molar-refractivity contribution in [3.05, 3.63) is 120 Å². The third-order valence-electron chi connectivity index (χ3n) is 7.47. The highest BCUT2D eigenvalue weighted by Crippen LogP contribution is 2.33. The minimum Gasteiger partial charge on any atom is -0.485 e. The lowest BCUT2D eigenvalue weighted by molar-refractivity contribution is -0.143. The van der Waals surface area contributed by atoms with Crippen molar-refractivity contribution in [2.75, 3.05) is 6.61 Å². The highest BCUT2D eigenvalue weighted by molar-refractivity contribution is 6.13. The second-order valence-electron chi connectivity index (χ2n) is 10.5. The summed E-state index contributed by atoms with van der Waals surface area (Å²) in [7, 11) is 0. The summed E-state index contributed by atoms with van der Waals surface area (Å²) in [5.41, 5.74) is 5.61. The second kappa shape index (κ2) is 12.8. The molecule has 1 aliphatic carbocycles. The van der Waals surface area contributed by atoms with Crippen LogP contribution in [0.4, 0.5) is 0 Å². The quantitative estimate of drug-likeness (QED) is 0.0943. The zero-order valence-corrected chi connectivity index (χ0v) is 23.2. The predicted molar refractivity (Wildman–Crippen MR) is 158 cm³/mol. The van der Waals surface area contributed by atoms with Crippen LogP contribution in [0.15, 0.2) is 91.6 Å². The molecule has 2 aromatic carbocycles. The number of ether oxygens (including phenoxy) is 2. The Balaban J connectivity index is 1.28. The zero-order chi connectivity index (χ0) is 27.9. The van der Waals surface area contributed by atoms with Crippen LogP contribution in [0.5, 0.6) is 5.75 Å². The molecule has 0 saturated heterocycles. The number of benzene rings is 2. The largest absolute Gasteiger partial charge is 0.485 e. The SMILES string of the molecule is C=CCC(Oc1ccc(C(=O)c2cc(CCCC(=O)OCC)n3ccccc23)cc1)c1ccc(CC2CC2)cc1. The molecule has 0 N–H and O–H groups in total. The number of carbonyl (C=O) groups is 2. The van der Waals surface area contributed by atoms with Crippen molar-refractivity contribution in [2.45, 2.75) is 58.0 Å². The third-order valence-corrected chi connectivity index (χ3v) is 7.47. The molecule has 5 nitrogen and oxygen atoms in total. The lowest BCUT2D eigenvalue weighted by Crippen LogP contribution is -2.07. The number of rotatable bonds is 14. The number of hydrogen-bond donors (Lipinski definition) is 0. The second-order valence-corrected chi connectivity index (χ2v) is 10.5. The standard InChI is InChI=1S/C35H37NO4/c1-3-8-33(27-16-14-26(15-17-27)23-25-12-13-25)40-30-20-18-28(19-21-30)35(38)31-24-29(9-7-11-34(37)39-4-2)36-22-6-5-10-32(31)36/h3,5-6,10,14-22,24-25,33H,1,4,7-9,11-13,23H2,2H3. The predicted octanol–water partition coefficient (Wildman–Crippen LogP) is 7.70. The van der Waals surface area contributed by atoms with E-state index in [0.29, 0.717) is 49.2 Å². The normalized spacial score (nSPS) is 13.6. The van der Waals surface area contributed by atoms with Crippen molar-refractivity contribution in [2.24, 2.45) is 5.92 Å². The van der Waals surface area contributed by atoms with Gasteiger partial charge >= 0.3 is 5.97 Å². The van der Waals surface area contributed by atoms with Crippen molar-refractivity contribution < 1.29 is 19.1 Å². The first-order valence-electron chi connectivity index (χ1n) is 14.3. The molecule has 1 fully saturated rings. The van der Waals surface area contributed by atoms with Gasteiger partial charge in [0.25, 0.3) is 0 Å². The number of pyridine rings is 1. The summed E-state index contributed by atoms with van der Waals surface area (Å²) in [5.74, 6) is 1.34. The van der Waals surface area contributed by atoms with Gasteiger partial charge in [-0.05, 0) is 98.5 Å². The molecule has 2 aromatic heterocycles. The third kappa shape index (κ3) is 6.71. The molecule has 2 heterocycles. The van der Waals surface area contributed by atoms with E-state index in [9.17, 15) is 9.59 Å². The van der Waals surface area contributed by atoms with Gasteiger partial charge in [0, 0.05) is 35.9 Å². The van der Waals surface area contributed by atoms with Gasteiger partial charge in [-0.2, -0.15) is 0 Å². The van der Waals surface area contributed by atoms with Crippen molar-refractivity contribution in [1.29, 1.82) is 0 Å². The fraction of sp³-hybridized carbons (Fsp3) is 0.314. The molecule has 5 rings (SSSR count). The Morgan fingerprint density at radius 1 is 1.05 bits per heavy atom. The van der Waals surface area contributed by atoms with Gasteiger partial charge in [-0.3, -0.25) is 9.59 Å². The maximum Gasteiger partial charge on any atom is 0.305 e. The number of hydrogen-bond acceptors (Lipinski definition) is 4. The lowest BCUT2D eigenvalue weighted by Gasteiger charge is -2.19.